The largest absolute Gasteiger partial charge is 0.476 e. The fourth-order valence-corrected chi connectivity index (χ4v) is 3.13. The molecule has 7 heteroatoms. The Balaban J connectivity index is 2.06. The summed E-state index contributed by atoms with van der Waals surface area (Å²) >= 11 is 12.5. The Morgan fingerprint density at radius 1 is 0.962 bits per heavy atom. The molecule has 0 saturated carbocycles. The Morgan fingerprint density at radius 2 is 1.73 bits per heavy atom. The summed E-state index contributed by atoms with van der Waals surface area (Å²) < 4.78 is 7.40. The highest BCUT2D eigenvalue weighted by atomic mass is 35.5. The Kier molecular flexibility index (Phi) is 4.49. The minimum Gasteiger partial charge on any atom is -0.476 e. The van der Waals surface area contributed by atoms with Crippen molar-refractivity contribution in [1.29, 1.82) is 0 Å². The molecule has 130 valence electrons. The van der Waals surface area contributed by atoms with E-state index >= 15 is 0 Å². The molecule has 0 N–H and O–H groups in total. The first-order valence-corrected chi connectivity index (χ1v) is 8.82. The van der Waals surface area contributed by atoms with Crippen LogP contribution in [0.1, 0.15) is 6.92 Å². The zero-order chi connectivity index (χ0) is 18.1. The molecular formula is C19H14Cl2N4O. The zero-order valence-electron chi connectivity index (χ0n) is 13.9. The number of hydrogen-bond donors (Lipinski definition) is 0. The van der Waals surface area contributed by atoms with Gasteiger partial charge in [0, 0.05) is 10.6 Å². The lowest BCUT2D eigenvalue weighted by Gasteiger charge is -2.09. The lowest BCUT2D eigenvalue weighted by molar-refractivity contribution is 0.330. The molecule has 0 atom stereocenters. The molecule has 0 saturated heterocycles. The van der Waals surface area contributed by atoms with Crippen LogP contribution in [-0.4, -0.2) is 26.4 Å². The second-order valence-corrected chi connectivity index (χ2v) is 6.37. The van der Waals surface area contributed by atoms with E-state index < -0.39 is 0 Å². The fraction of sp³-hybridized carbons (Fsp3) is 0.105. The van der Waals surface area contributed by atoms with Crippen LogP contribution in [0.3, 0.4) is 0 Å². The number of benzene rings is 2. The number of ether oxygens (including phenoxy) is 1. The Bertz CT molecular complexity index is 1080. The summed E-state index contributed by atoms with van der Waals surface area (Å²) in [6.07, 6.45) is 1.48. The maximum absolute atomic E-state index is 6.42. The number of hydrogen-bond acceptors (Lipinski definition) is 4. The standard InChI is InChI=1S/C19H14Cl2N4O/c1-2-26-19-17-16(22-11-23-19)18(12-7-9-13(20)10-8-12)25(24-17)15-6-4-3-5-14(15)21/h3-11H,2H2,1H3. The molecule has 0 amide bonds. The summed E-state index contributed by atoms with van der Waals surface area (Å²) in [6.45, 7) is 2.39. The molecule has 26 heavy (non-hydrogen) atoms. The SMILES string of the molecule is CCOc1ncnc2c(-c3ccc(Cl)cc3)n(-c3ccccc3Cl)nc12. The van der Waals surface area contributed by atoms with Crippen molar-refractivity contribution in [1.82, 2.24) is 19.7 Å². The molecule has 2 aromatic heterocycles. The molecule has 0 unspecified atom stereocenters. The number of nitrogens with zero attached hydrogens (tertiary/aromatic N) is 4. The van der Waals surface area contributed by atoms with Gasteiger partial charge in [-0.05, 0) is 31.2 Å². The van der Waals surface area contributed by atoms with Gasteiger partial charge in [-0.25, -0.2) is 9.67 Å². The first kappa shape index (κ1) is 16.8. The normalized spacial score (nSPS) is 11.0. The van der Waals surface area contributed by atoms with Gasteiger partial charge in [-0.1, -0.05) is 47.5 Å². The minimum atomic E-state index is 0.443. The van der Waals surface area contributed by atoms with Crippen molar-refractivity contribution in [3.63, 3.8) is 0 Å². The summed E-state index contributed by atoms with van der Waals surface area (Å²) in [4.78, 5) is 8.66. The van der Waals surface area contributed by atoms with Crippen LogP contribution in [0.4, 0.5) is 0 Å². The summed E-state index contributed by atoms with van der Waals surface area (Å²) in [5.74, 6) is 0.443. The Labute approximate surface area is 160 Å². The van der Waals surface area contributed by atoms with Gasteiger partial charge < -0.3 is 4.74 Å². The molecule has 4 aromatic rings. The highest BCUT2D eigenvalue weighted by molar-refractivity contribution is 6.32. The van der Waals surface area contributed by atoms with Crippen LogP contribution in [0, 0.1) is 0 Å². The molecule has 0 spiro atoms. The first-order chi connectivity index (χ1) is 12.7. The van der Waals surface area contributed by atoms with Gasteiger partial charge >= 0.3 is 0 Å². The number of aromatic nitrogens is 4. The van der Waals surface area contributed by atoms with Crippen molar-refractivity contribution in [2.24, 2.45) is 0 Å². The predicted molar refractivity (Wildman–Crippen MR) is 103 cm³/mol. The average molecular weight is 385 g/mol. The van der Waals surface area contributed by atoms with Crippen molar-refractivity contribution in [3.05, 3.63) is 64.9 Å². The molecule has 0 aliphatic heterocycles. The van der Waals surface area contributed by atoms with Crippen molar-refractivity contribution >= 4 is 34.2 Å². The smallest absolute Gasteiger partial charge is 0.245 e. The van der Waals surface area contributed by atoms with Gasteiger partial charge in [0.05, 0.1) is 17.3 Å². The van der Waals surface area contributed by atoms with E-state index in [1.54, 1.807) is 4.68 Å². The monoisotopic (exact) mass is 384 g/mol. The highest BCUT2D eigenvalue weighted by Crippen LogP contribution is 2.35. The average Bonchev–Trinajstić information content (AvgIpc) is 3.03. The van der Waals surface area contributed by atoms with E-state index in [1.807, 2.05) is 55.5 Å². The summed E-state index contributed by atoms with van der Waals surface area (Å²) in [6, 6.07) is 15.0. The third-order valence-electron chi connectivity index (χ3n) is 3.90. The van der Waals surface area contributed by atoms with Gasteiger partial charge in [-0.3, -0.25) is 0 Å². The van der Waals surface area contributed by atoms with Crippen molar-refractivity contribution in [2.45, 2.75) is 6.92 Å². The van der Waals surface area contributed by atoms with E-state index in [4.69, 9.17) is 33.0 Å². The third-order valence-corrected chi connectivity index (χ3v) is 4.48. The summed E-state index contributed by atoms with van der Waals surface area (Å²) in [7, 11) is 0. The lowest BCUT2D eigenvalue weighted by Crippen LogP contribution is -2.00. The van der Waals surface area contributed by atoms with Crippen LogP contribution >= 0.6 is 23.2 Å². The Morgan fingerprint density at radius 3 is 2.46 bits per heavy atom. The summed E-state index contributed by atoms with van der Waals surface area (Å²) in [5, 5.41) is 5.95. The van der Waals surface area contributed by atoms with Crippen LogP contribution < -0.4 is 4.74 Å². The second-order valence-electron chi connectivity index (χ2n) is 5.53. The molecule has 0 fully saturated rings. The number of para-hydroxylation sites is 1. The van der Waals surface area contributed by atoms with Gasteiger partial charge in [-0.2, -0.15) is 10.1 Å². The van der Waals surface area contributed by atoms with E-state index in [-0.39, 0.29) is 0 Å². The number of fused-ring (bicyclic) bond motifs is 1. The van der Waals surface area contributed by atoms with Crippen molar-refractivity contribution < 1.29 is 4.74 Å². The van der Waals surface area contributed by atoms with Gasteiger partial charge in [-0.15, -0.1) is 0 Å². The van der Waals surface area contributed by atoms with Gasteiger partial charge in [0.2, 0.25) is 5.88 Å². The second kappa shape index (κ2) is 6.94. The minimum absolute atomic E-state index is 0.443. The molecule has 0 aliphatic carbocycles. The number of halogens is 2. The predicted octanol–water partition coefficient (Wildman–Crippen LogP) is 5.19. The molecule has 0 bridgehead atoms. The van der Waals surface area contributed by atoms with E-state index in [1.165, 1.54) is 6.33 Å². The number of rotatable bonds is 4. The maximum atomic E-state index is 6.42. The van der Waals surface area contributed by atoms with Crippen molar-refractivity contribution in [3.8, 4) is 22.8 Å². The molecule has 5 nitrogen and oxygen atoms in total. The van der Waals surface area contributed by atoms with E-state index in [0.717, 1.165) is 16.9 Å². The topological polar surface area (TPSA) is 52.8 Å². The van der Waals surface area contributed by atoms with Gasteiger partial charge in [0.1, 0.15) is 17.5 Å². The molecule has 2 heterocycles. The summed E-state index contributed by atoms with van der Waals surface area (Å²) in [5.41, 5.74) is 3.73. The van der Waals surface area contributed by atoms with Gasteiger partial charge in [0.15, 0.2) is 5.52 Å². The quantitative estimate of drug-likeness (QED) is 0.485. The van der Waals surface area contributed by atoms with Crippen LogP contribution in [0.2, 0.25) is 10.0 Å². The van der Waals surface area contributed by atoms with Gasteiger partial charge in [0.25, 0.3) is 0 Å². The van der Waals surface area contributed by atoms with E-state index in [2.05, 4.69) is 9.97 Å². The van der Waals surface area contributed by atoms with Crippen LogP contribution in [0.5, 0.6) is 5.88 Å². The molecular weight excluding hydrogens is 371 g/mol. The first-order valence-electron chi connectivity index (χ1n) is 8.06. The molecule has 0 radical (unpaired) electrons. The highest BCUT2D eigenvalue weighted by Gasteiger charge is 2.20. The van der Waals surface area contributed by atoms with Crippen LogP contribution in [0.15, 0.2) is 54.9 Å². The molecule has 2 aromatic carbocycles. The van der Waals surface area contributed by atoms with E-state index in [0.29, 0.717) is 33.6 Å². The fourth-order valence-electron chi connectivity index (χ4n) is 2.78. The Hall–Kier alpha value is -2.63. The van der Waals surface area contributed by atoms with Crippen molar-refractivity contribution in [2.75, 3.05) is 6.61 Å². The molecule has 4 rings (SSSR count). The zero-order valence-corrected chi connectivity index (χ0v) is 15.4. The third kappa shape index (κ3) is 2.89. The van der Waals surface area contributed by atoms with Crippen LogP contribution in [-0.2, 0) is 0 Å². The lowest BCUT2D eigenvalue weighted by atomic mass is 10.1. The maximum Gasteiger partial charge on any atom is 0.245 e. The molecule has 0 aliphatic rings. The van der Waals surface area contributed by atoms with E-state index in [9.17, 15) is 0 Å². The van der Waals surface area contributed by atoms with Crippen LogP contribution in [0.25, 0.3) is 28.0 Å².